The lowest BCUT2D eigenvalue weighted by molar-refractivity contribution is -0.131. The quantitative estimate of drug-likeness (QED) is 0.775. The van der Waals surface area contributed by atoms with Crippen LogP contribution in [0.25, 0.3) is 0 Å². The normalized spacial score (nSPS) is 17.9. The van der Waals surface area contributed by atoms with E-state index in [0.717, 1.165) is 68.9 Å². The lowest BCUT2D eigenvalue weighted by atomic mass is 9.93. The topological polar surface area (TPSA) is 61.4 Å². The first-order valence-corrected chi connectivity index (χ1v) is 10.1. The Labute approximate surface area is 181 Å². The third-order valence-corrected chi connectivity index (χ3v) is 5.56. The fourth-order valence-electron chi connectivity index (χ4n) is 3.84. The van der Waals surface area contributed by atoms with Crippen LogP contribution >= 0.6 is 24.8 Å². The highest BCUT2D eigenvalue weighted by molar-refractivity contribution is 5.85. The molecule has 2 fully saturated rings. The first kappa shape index (κ1) is 24.9. The molecule has 1 amide bonds. The standard InChI is InChI=1S/C20H33N5O.2ClH/c1-15(2)20-22-16(3)14-18(23-20)24-10-12-25(13-11-24)19(26)5-4-17-6-8-21-9-7-17;;/h14-15,17,21H,4-13H2,1-3H3;2*1H. The van der Waals surface area contributed by atoms with Crippen molar-refractivity contribution in [1.29, 1.82) is 0 Å². The van der Waals surface area contributed by atoms with E-state index < -0.39 is 0 Å². The second kappa shape index (κ2) is 11.8. The van der Waals surface area contributed by atoms with Crippen molar-refractivity contribution in [2.45, 2.75) is 52.4 Å². The van der Waals surface area contributed by atoms with Gasteiger partial charge in [-0.25, -0.2) is 9.97 Å². The second-order valence-electron chi connectivity index (χ2n) is 7.98. The van der Waals surface area contributed by atoms with Crippen molar-refractivity contribution in [1.82, 2.24) is 20.2 Å². The van der Waals surface area contributed by atoms with Gasteiger partial charge in [0.2, 0.25) is 5.91 Å². The molecule has 6 nitrogen and oxygen atoms in total. The summed E-state index contributed by atoms with van der Waals surface area (Å²) < 4.78 is 0. The number of nitrogens with one attached hydrogen (secondary N) is 1. The number of rotatable bonds is 5. The summed E-state index contributed by atoms with van der Waals surface area (Å²) in [6.07, 6.45) is 4.18. The van der Waals surface area contributed by atoms with Gasteiger partial charge >= 0.3 is 0 Å². The van der Waals surface area contributed by atoms with Crippen LogP contribution in [0.1, 0.15) is 57.0 Å². The monoisotopic (exact) mass is 431 g/mol. The van der Waals surface area contributed by atoms with Gasteiger partial charge in [-0.15, -0.1) is 24.8 Å². The summed E-state index contributed by atoms with van der Waals surface area (Å²) in [7, 11) is 0. The molecule has 28 heavy (non-hydrogen) atoms. The molecule has 0 aliphatic carbocycles. The minimum atomic E-state index is 0. The van der Waals surface area contributed by atoms with Crippen molar-refractivity contribution >= 4 is 36.5 Å². The molecule has 1 aromatic heterocycles. The van der Waals surface area contributed by atoms with E-state index >= 15 is 0 Å². The molecule has 3 heterocycles. The molecule has 2 aliphatic rings. The highest BCUT2D eigenvalue weighted by Crippen LogP contribution is 2.21. The fraction of sp³-hybridized carbons (Fsp3) is 0.750. The predicted molar refractivity (Wildman–Crippen MR) is 119 cm³/mol. The highest BCUT2D eigenvalue weighted by Gasteiger charge is 2.23. The third-order valence-electron chi connectivity index (χ3n) is 5.56. The third kappa shape index (κ3) is 6.75. The average molecular weight is 432 g/mol. The summed E-state index contributed by atoms with van der Waals surface area (Å²) in [5.41, 5.74) is 1.01. The van der Waals surface area contributed by atoms with Gasteiger partial charge in [-0.1, -0.05) is 13.8 Å². The van der Waals surface area contributed by atoms with Gasteiger partial charge in [0.05, 0.1) is 0 Å². The van der Waals surface area contributed by atoms with Gasteiger partial charge in [0, 0.05) is 50.3 Å². The Morgan fingerprint density at radius 3 is 2.39 bits per heavy atom. The van der Waals surface area contributed by atoms with E-state index in [9.17, 15) is 4.79 Å². The summed E-state index contributed by atoms with van der Waals surface area (Å²) in [6.45, 7) is 11.8. The van der Waals surface area contributed by atoms with Gasteiger partial charge in [0.1, 0.15) is 11.6 Å². The van der Waals surface area contributed by atoms with Gasteiger partial charge < -0.3 is 15.1 Å². The molecule has 0 aromatic carbocycles. The van der Waals surface area contributed by atoms with Gasteiger partial charge in [0.15, 0.2) is 0 Å². The Morgan fingerprint density at radius 2 is 1.79 bits per heavy atom. The molecule has 0 spiro atoms. The van der Waals surface area contributed by atoms with Crippen molar-refractivity contribution < 1.29 is 4.79 Å². The van der Waals surface area contributed by atoms with E-state index in [0.29, 0.717) is 18.2 Å². The smallest absolute Gasteiger partial charge is 0.222 e. The van der Waals surface area contributed by atoms with E-state index in [4.69, 9.17) is 4.98 Å². The lowest BCUT2D eigenvalue weighted by Gasteiger charge is -2.36. The minimum absolute atomic E-state index is 0. The average Bonchev–Trinajstić information content (AvgIpc) is 2.66. The summed E-state index contributed by atoms with van der Waals surface area (Å²) >= 11 is 0. The first-order chi connectivity index (χ1) is 12.5. The molecule has 160 valence electrons. The molecule has 0 radical (unpaired) electrons. The largest absolute Gasteiger partial charge is 0.353 e. The summed E-state index contributed by atoms with van der Waals surface area (Å²) in [5.74, 6) is 3.28. The van der Waals surface area contributed by atoms with Gasteiger partial charge in [-0.3, -0.25) is 4.79 Å². The van der Waals surface area contributed by atoms with Crippen LogP contribution in [0, 0.1) is 12.8 Å². The molecule has 8 heteroatoms. The van der Waals surface area contributed by atoms with Crippen LogP contribution in [-0.2, 0) is 4.79 Å². The van der Waals surface area contributed by atoms with Crippen molar-refractivity contribution in [2.24, 2.45) is 5.92 Å². The van der Waals surface area contributed by atoms with E-state index in [2.05, 4.69) is 35.1 Å². The van der Waals surface area contributed by atoms with Crippen molar-refractivity contribution in [3.8, 4) is 0 Å². The van der Waals surface area contributed by atoms with Crippen molar-refractivity contribution in [2.75, 3.05) is 44.2 Å². The Kier molecular flexibility index (Phi) is 10.5. The van der Waals surface area contributed by atoms with Crippen LogP contribution < -0.4 is 10.2 Å². The fourth-order valence-corrected chi connectivity index (χ4v) is 3.84. The Hall–Kier alpha value is -1.11. The van der Waals surface area contributed by atoms with Crippen molar-refractivity contribution in [3.05, 3.63) is 17.6 Å². The number of carbonyl (C=O) groups excluding carboxylic acids is 1. The molecule has 3 rings (SSSR count). The van der Waals surface area contributed by atoms with Crippen molar-refractivity contribution in [3.63, 3.8) is 0 Å². The molecular weight excluding hydrogens is 397 g/mol. The van der Waals surface area contributed by atoms with Gasteiger partial charge in [-0.2, -0.15) is 0 Å². The predicted octanol–water partition coefficient (Wildman–Crippen LogP) is 3.18. The van der Waals surface area contributed by atoms with Crippen LogP contribution in [0.4, 0.5) is 5.82 Å². The van der Waals surface area contributed by atoms with Crippen LogP contribution in [0.3, 0.4) is 0 Å². The zero-order valence-electron chi connectivity index (χ0n) is 17.3. The molecular formula is C20H35Cl2N5O. The number of aryl methyl sites for hydroxylation is 1. The number of hydrogen-bond acceptors (Lipinski definition) is 5. The Bertz CT molecular complexity index is 615. The number of aromatic nitrogens is 2. The van der Waals surface area contributed by atoms with Crippen LogP contribution in [0.2, 0.25) is 0 Å². The number of anilines is 1. The minimum Gasteiger partial charge on any atom is -0.353 e. The highest BCUT2D eigenvalue weighted by atomic mass is 35.5. The molecule has 0 atom stereocenters. The lowest BCUT2D eigenvalue weighted by Crippen LogP contribution is -2.49. The Balaban J connectivity index is 0.00000196. The van der Waals surface area contributed by atoms with Gasteiger partial charge in [-0.05, 0) is 45.2 Å². The maximum Gasteiger partial charge on any atom is 0.222 e. The number of nitrogens with zero attached hydrogens (tertiary/aromatic N) is 4. The van der Waals surface area contributed by atoms with E-state index in [-0.39, 0.29) is 24.8 Å². The van der Waals surface area contributed by atoms with Crippen LogP contribution in [0.5, 0.6) is 0 Å². The molecule has 0 saturated carbocycles. The summed E-state index contributed by atoms with van der Waals surface area (Å²) in [6, 6.07) is 2.06. The maximum atomic E-state index is 12.5. The van der Waals surface area contributed by atoms with Crippen LogP contribution in [-0.4, -0.2) is 60.0 Å². The molecule has 2 saturated heterocycles. The zero-order chi connectivity index (χ0) is 18.5. The molecule has 0 bridgehead atoms. The number of piperazine rings is 1. The Morgan fingerprint density at radius 1 is 1.14 bits per heavy atom. The van der Waals surface area contributed by atoms with Gasteiger partial charge in [0.25, 0.3) is 0 Å². The zero-order valence-corrected chi connectivity index (χ0v) is 18.9. The molecule has 1 N–H and O–H groups in total. The number of halogens is 2. The van der Waals surface area contributed by atoms with E-state index in [1.807, 2.05) is 11.8 Å². The number of amides is 1. The first-order valence-electron chi connectivity index (χ1n) is 10.1. The number of carbonyl (C=O) groups is 1. The maximum absolute atomic E-state index is 12.5. The number of hydrogen-bond donors (Lipinski definition) is 1. The molecule has 2 aliphatic heterocycles. The SMILES string of the molecule is Cc1cc(N2CCN(C(=O)CCC3CCNCC3)CC2)nc(C(C)C)n1.Cl.Cl. The van der Waals surface area contributed by atoms with E-state index in [1.54, 1.807) is 0 Å². The number of piperidine rings is 1. The van der Waals surface area contributed by atoms with E-state index in [1.165, 1.54) is 12.8 Å². The summed E-state index contributed by atoms with van der Waals surface area (Å²) in [4.78, 5) is 26.1. The summed E-state index contributed by atoms with van der Waals surface area (Å²) in [5, 5.41) is 3.39. The second-order valence-corrected chi connectivity index (χ2v) is 7.98. The van der Waals surface area contributed by atoms with Crippen LogP contribution in [0.15, 0.2) is 6.07 Å². The molecule has 1 aromatic rings. The molecule has 0 unspecified atom stereocenters.